The SMILES string of the molecule is CCCN1c2nnc(-c3ccccc3Cl)n2C2C1C(=O)N(C)C(=O)N2C. The van der Waals surface area contributed by atoms with E-state index in [0.717, 1.165) is 12.0 Å². The lowest BCUT2D eigenvalue weighted by Crippen LogP contribution is -2.61. The van der Waals surface area contributed by atoms with Gasteiger partial charge in [-0.15, -0.1) is 10.2 Å². The summed E-state index contributed by atoms with van der Waals surface area (Å²) in [6.07, 6.45) is 0.334. The van der Waals surface area contributed by atoms with Crippen molar-refractivity contribution in [2.75, 3.05) is 25.5 Å². The molecule has 8 nitrogen and oxygen atoms in total. The van der Waals surface area contributed by atoms with E-state index < -0.39 is 12.2 Å². The Labute approximate surface area is 155 Å². The number of amides is 3. The van der Waals surface area contributed by atoms with E-state index in [-0.39, 0.29) is 11.9 Å². The molecule has 136 valence electrons. The van der Waals surface area contributed by atoms with Gasteiger partial charge in [-0.25, -0.2) is 4.79 Å². The molecule has 0 saturated carbocycles. The number of benzene rings is 1. The van der Waals surface area contributed by atoms with E-state index in [4.69, 9.17) is 11.6 Å². The third kappa shape index (κ3) is 2.14. The molecule has 26 heavy (non-hydrogen) atoms. The van der Waals surface area contributed by atoms with Crippen LogP contribution in [0.15, 0.2) is 24.3 Å². The number of carbonyl (C=O) groups is 2. The Morgan fingerprint density at radius 2 is 1.88 bits per heavy atom. The van der Waals surface area contributed by atoms with Crippen LogP contribution in [0.1, 0.15) is 19.5 Å². The summed E-state index contributed by atoms with van der Waals surface area (Å²) in [5, 5.41) is 9.19. The molecule has 2 atom stereocenters. The molecule has 1 aromatic carbocycles. The molecule has 4 rings (SSSR count). The van der Waals surface area contributed by atoms with Crippen LogP contribution in [0.5, 0.6) is 0 Å². The highest BCUT2D eigenvalue weighted by Gasteiger charge is 2.54. The number of imide groups is 1. The molecule has 0 spiro atoms. The zero-order valence-corrected chi connectivity index (χ0v) is 15.5. The zero-order valence-electron chi connectivity index (χ0n) is 14.8. The molecule has 2 aliphatic heterocycles. The Hall–Kier alpha value is -2.61. The fraction of sp³-hybridized carbons (Fsp3) is 0.412. The van der Waals surface area contributed by atoms with Gasteiger partial charge in [0.1, 0.15) is 6.17 Å². The van der Waals surface area contributed by atoms with Crippen LogP contribution < -0.4 is 4.90 Å². The van der Waals surface area contributed by atoms with Crippen molar-refractivity contribution in [1.82, 2.24) is 24.6 Å². The third-order valence-electron chi connectivity index (χ3n) is 4.97. The average molecular weight is 375 g/mol. The van der Waals surface area contributed by atoms with Crippen molar-refractivity contribution in [3.63, 3.8) is 0 Å². The number of hydrogen-bond donors (Lipinski definition) is 0. The standard InChI is InChI=1S/C17H19ClN6O2/c1-4-9-23-12-14(21(2)17(26)22(3)15(12)25)24-13(19-20-16(23)24)10-7-5-6-8-11(10)18/h5-8,12,14H,4,9H2,1-3H3. The van der Waals surface area contributed by atoms with Crippen molar-refractivity contribution in [3.8, 4) is 11.4 Å². The Balaban J connectivity index is 1.91. The molecule has 3 amide bonds. The van der Waals surface area contributed by atoms with Crippen LogP contribution in [0, 0.1) is 0 Å². The molecule has 1 fully saturated rings. The summed E-state index contributed by atoms with van der Waals surface area (Å²) in [7, 11) is 3.20. The summed E-state index contributed by atoms with van der Waals surface area (Å²) in [6, 6.07) is 6.48. The van der Waals surface area contributed by atoms with Crippen LogP contribution in [0.25, 0.3) is 11.4 Å². The van der Waals surface area contributed by atoms with Gasteiger partial charge in [0.05, 0.1) is 5.02 Å². The minimum atomic E-state index is -0.519. The number of fused-ring (bicyclic) bond motifs is 3. The van der Waals surface area contributed by atoms with Gasteiger partial charge in [-0.3, -0.25) is 14.3 Å². The van der Waals surface area contributed by atoms with Crippen molar-refractivity contribution in [3.05, 3.63) is 29.3 Å². The Bertz CT molecular complexity index is 897. The van der Waals surface area contributed by atoms with E-state index in [2.05, 4.69) is 10.2 Å². The van der Waals surface area contributed by atoms with E-state index in [1.165, 1.54) is 11.9 Å². The lowest BCUT2D eigenvalue weighted by molar-refractivity contribution is -0.133. The Morgan fingerprint density at radius 3 is 2.58 bits per heavy atom. The molecular weight excluding hydrogens is 356 g/mol. The van der Waals surface area contributed by atoms with Crippen molar-refractivity contribution < 1.29 is 9.59 Å². The quantitative estimate of drug-likeness (QED) is 0.823. The number of likely N-dealkylation sites (N-methyl/N-ethyl adjacent to an activating group) is 2. The maximum absolute atomic E-state index is 12.9. The molecule has 1 aromatic heterocycles. The van der Waals surface area contributed by atoms with Crippen molar-refractivity contribution in [2.45, 2.75) is 25.6 Å². The number of urea groups is 1. The number of aromatic nitrogens is 3. The fourth-order valence-corrected chi connectivity index (χ4v) is 3.96. The molecule has 2 aliphatic rings. The minimum Gasteiger partial charge on any atom is -0.325 e. The summed E-state index contributed by atoms with van der Waals surface area (Å²) in [5.74, 6) is 0.901. The van der Waals surface area contributed by atoms with Crippen LogP contribution in [0.2, 0.25) is 5.02 Å². The summed E-state index contributed by atoms with van der Waals surface area (Å²) < 4.78 is 1.85. The van der Waals surface area contributed by atoms with Gasteiger partial charge in [0.25, 0.3) is 5.91 Å². The topological polar surface area (TPSA) is 74.6 Å². The summed E-state index contributed by atoms with van der Waals surface area (Å²) in [5.41, 5.74) is 0.720. The van der Waals surface area contributed by atoms with Crippen molar-refractivity contribution in [1.29, 1.82) is 0 Å². The van der Waals surface area contributed by atoms with Crippen LogP contribution in [-0.2, 0) is 4.79 Å². The summed E-state index contributed by atoms with van der Waals surface area (Å²) in [6.45, 7) is 2.68. The molecule has 2 aromatic rings. The smallest absolute Gasteiger partial charge is 0.325 e. The maximum Gasteiger partial charge on any atom is 0.327 e. The normalized spacial score (nSPS) is 22.1. The van der Waals surface area contributed by atoms with Crippen molar-refractivity contribution >= 4 is 29.5 Å². The second-order valence-corrected chi connectivity index (χ2v) is 6.92. The molecule has 2 unspecified atom stereocenters. The largest absolute Gasteiger partial charge is 0.327 e. The molecule has 1 saturated heterocycles. The molecule has 0 bridgehead atoms. The average Bonchev–Trinajstić information content (AvgIpc) is 3.18. The first kappa shape index (κ1) is 16.8. The van der Waals surface area contributed by atoms with Gasteiger partial charge in [-0.2, -0.15) is 0 Å². The first-order valence-corrected chi connectivity index (χ1v) is 8.86. The highest BCUT2D eigenvalue weighted by atomic mass is 35.5. The first-order chi connectivity index (χ1) is 12.5. The Kier molecular flexibility index (Phi) is 3.87. The molecule has 0 radical (unpaired) electrons. The van der Waals surface area contributed by atoms with Gasteiger partial charge in [-0.05, 0) is 18.6 Å². The first-order valence-electron chi connectivity index (χ1n) is 8.48. The second-order valence-electron chi connectivity index (χ2n) is 6.52. The molecule has 3 heterocycles. The second kappa shape index (κ2) is 5.98. The lowest BCUT2D eigenvalue weighted by atomic mass is 10.1. The zero-order chi connectivity index (χ0) is 18.6. The predicted octanol–water partition coefficient (Wildman–Crippen LogP) is 2.22. The van der Waals surface area contributed by atoms with E-state index in [9.17, 15) is 9.59 Å². The van der Waals surface area contributed by atoms with Gasteiger partial charge in [0, 0.05) is 26.2 Å². The Morgan fingerprint density at radius 1 is 1.15 bits per heavy atom. The summed E-state index contributed by atoms with van der Waals surface area (Å²) in [4.78, 5) is 30.1. The van der Waals surface area contributed by atoms with Crippen LogP contribution in [-0.4, -0.2) is 63.2 Å². The predicted molar refractivity (Wildman–Crippen MR) is 96.9 cm³/mol. The van der Waals surface area contributed by atoms with Crippen LogP contribution in [0.3, 0.4) is 0 Å². The van der Waals surface area contributed by atoms with E-state index in [1.807, 2.05) is 34.6 Å². The molecule has 0 N–H and O–H groups in total. The fourth-order valence-electron chi connectivity index (χ4n) is 3.74. The van der Waals surface area contributed by atoms with Crippen LogP contribution in [0.4, 0.5) is 10.7 Å². The van der Waals surface area contributed by atoms with Crippen LogP contribution >= 0.6 is 11.6 Å². The maximum atomic E-state index is 12.9. The van der Waals surface area contributed by atoms with Gasteiger partial charge in [0.15, 0.2) is 11.9 Å². The number of nitrogens with zero attached hydrogens (tertiary/aromatic N) is 6. The number of halogens is 1. The summed E-state index contributed by atoms with van der Waals surface area (Å²) >= 11 is 6.36. The van der Waals surface area contributed by atoms with Gasteiger partial charge >= 0.3 is 6.03 Å². The minimum absolute atomic E-state index is 0.234. The lowest BCUT2D eigenvalue weighted by Gasteiger charge is -2.40. The molecule has 9 heteroatoms. The molecule has 0 aliphatic carbocycles. The van der Waals surface area contributed by atoms with E-state index in [1.54, 1.807) is 18.0 Å². The highest BCUT2D eigenvalue weighted by Crippen LogP contribution is 2.43. The number of anilines is 1. The number of carbonyl (C=O) groups excluding carboxylic acids is 2. The highest BCUT2D eigenvalue weighted by molar-refractivity contribution is 6.33. The monoisotopic (exact) mass is 374 g/mol. The van der Waals surface area contributed by atoms with Crippen molar-refractivity contribution in [2.24, 2.45) is 0 Å². The number of hydrogen-bond acceptors (Lipinski definition) is 5. The molecular formula is C17H19ClN6O2. The van der Waals surface area contributed by atoms with E-state index in [0.29, 0.717) is 23.3 Å². The number of rotatable bonds is 3. The third-order valence-corrected chi connectivity index (χ3v) is 5.30. The van der Waals surface area contributed by atoms with Gasteiger partial charge in [0.2, 0.25) is 5.95 Å². The van der Waals surface area contributed by atoms with E-state index >= 15 is 0 Å². The van der Waals surface area contributed by atoms with Gasteiger partial charge < -0.3 is 9.80 Å². The van der Waals surface area contributed by atoms with Gasteiger partial charge in [-0.1, -0.05) is 30.7 Å².